The number of ether oxygens (including phenoxy) is 1. The van der Waals surface area contributed by atoms with Gasteiger partial charge < -0.3 is 14.6 Å². The van der Waals surface area contributed by atoms with Crippen molar-refractivity contribution in [3.63, 3.8) is 0 Å². The van der Waals surface area contributed by atoms with Crippen LogP contribution in [0.5, 0.6) is 0 Å². The Balaban J connectivity index is 1.59. The molecule has 1 amide bonds. The van der Waals surface area contributed by atoms with Gasteiger partial charge in [-0.25, -0.2) is 0 Å². The van der Waals surface area contributed by atoms with E-state index in [1.54, 1.807) is 0 Å². The molecule has 24 heavy (non-hydrogen) atoms. The average Bonchev–Trinajstić information content (AvgIpc) is 3.23. The van der Waals surface area contributed by atoms with E-state index in [0.29, 0.717) is 25.7 Å². The number of hydrogen-bond donors (Lipinski definition) is 1. The molecule has 0 spiro atoms. The number of carbonyl (C=O) groups is 1. The first-order chi connectivity index (χ1) is 11.5. The second kappa shape index (κ2) is 5.41. The highest BCUT2D eigenvalue weighted by Gasteiger charge is 2.45. The zero-order valence-corrected chi connectivity index (χ0v) is 14.1. The van der Waals surface area contributed by atoms with E-state index in [-0.39, 0.29) is 5.91 Å². The summed E-state index contributed by atoms with van der Waals surface area (Å²) in [5.41, 5.74) is 0.866. The molecule has 1 aliphatic heterocycles. The SMILES string of the molecule is Cc1noc(C)c1CNC(=O)C1(C)COCc2nnc(C3CC3)n21. The molecule has 2 aromatic rings. The number of nitrogens with one attached hydrogen (secondary N) is 1. The minimum absolute atomic E-state index is 0.106. The second-order valence-corrected chi connectivity index (χ2v) is 6.84. The molecule has 128 valence electrons. The van der Waals surface area contributed by atoms with E-state index in [9.17, 15) is 4.79 Å². The first kappa shape index (κ1) is 15.3. The summed E-state index contributed by atoms with van der Waals surface area (Å²) in [4.78, 5) is 13.0. The molecule has 1 fully saturated rings. The smallest absolute Gasteiger partial charge is 0.248 e. The van der Waals surface area contributed by atoms with Gasteiger partial charge >= 0.3 is 0 Å². The van der Waals surface area contributed by atoms with Crippen LogP contribution in [0.15, 0.2) is 4.52 Å². The summed E-state index contributed by atoms with van der Waals surface area (Å²) in [6, 6.07) is 0. The first-order valence-electron chi connectivity index (χ1n) is 8.23. The Labute approximate surface area is 139 Å². The average molecular weight is 331 g/mol. The van der Waals surface area contributed by atoms with Crippen molar-refractivity contribution in [2.24, 2.45) is 0 Å². The van der Waals surface area contributed by atoms with E-state index >= 15 is 0 Å². The highest BCUT2D eigenvalue weighted by Crippen LogP contribution is 2.42. The molecule has 4 rings (SSSR count). The van der Waals surface area contributed by atoms with Crippen molar-refractivity contribution in [1.29, 1.82) is 0 Å². The van der Waals surface area contributed by atoms with Crippen LogP contribution in [0.25, 0.3) is 0 Å². The van der Waals surface area contributed by atoms with Gasteiger partial charge in [0.2, 0.25) is 5.91 Å². The molecule has 0 saturated heterocycles. The zero-order valence-electron chi connectivity index (χ0n) is 14.1. The normalized spacial score (nSPS) is 23.1. The summed E-state index contributed by atoms with van der Waals surface area (Å²) in [7, 11) is 0. The van der Waals surface area contributed by atoms with Crippen LogP contribution in [0, 0.1) is 13.8 Å². The maximum Gasteiger partial charge on any atom is 0.248 e. The van der Waals surface area contributed by atoms with Crippen LogP contribution >= 0.6 is 0 Å². The van der Waals surface area contributed by atoms with Crippen molar-refractivity contribution in [3.05, 3.63) is 28.7 Å². The third kappa shape index (κ3) is 2.32. The predicted octanol–water partition coefficient (Wildman–Crippen LogP) is 1.32. The summed E-state index contributed by atoms with van der Waals surface area (Å²) >= 11 is 0. The van der Waals surface area contributed by atoms with Gasteiger partial charge in [-0.15, -0.1) is 10.2 Å². The van der Waals surface area contributed by atoms with Crippen molar-refractivity contribution in [2.45, 2.75) is 58.2 Å². The van der Waals surface area contributed by atoms with E-state index in [4.69, 9.17) is 9.26 Å². The van der Waals surface area contributed by atoms with E-state index in [0.717, 1.165) is 41.5 Å². The molecule has 0 radical (unpaired) electrons. The van der Waals surface area contributed by atoms with E-state index < -0.39 is 5.54 Å². The van der Waals surface area contributed by atoms with Gasteiger partial charge in [0.15, 0.2) is 5.82 Å². The lowest BCUT2D eigenvalue weighted by Gasteiger charge is -2.35. The van der Waals surface area contributed by atoms with Gasteiger partial charge in [-0.05, 0) is 33.6 Å². The molecule has 2 aromatic heterocycles. The largest absolute Gasteiger partial charge is 0.370 e. The summed E-state index contributed by atoms with van der Waals surface area (Å²) < 4.78 is 12.7. The van der Waals surface area contributed by atoms with E-state index in [1.807, 2.05) is 25.3 Å². The topological polar surface area (TPSA) is 95.1 Å². The van der Waals surface area contributed by atoms with Gasteiger partial charge in [-0.2, -0.15) is 0 Å². The summed E-state index contributed by atoms with van der Waals surface area (Å²) in [6.45, 7) is 6.68. The number of hydrogen-bond acceptors (Lipinski definition) is 6. The molecule has 1 unspecified atom stereocenters. The van der Waals surface area contributed by atoms with Crippen LogP contribution < -0.4 is 5.32 Å². The molecule has 1 N–H and O–H groups in total. The Hall–Kier alpha value is -2.22. The molecule has 3 heterocycles. The highest BCUT2D eigenvalue weighted by molar-refractivity contribution is 5.84. The maximum atomic E-state index is 13.0. The van der Waals surface area contributed by atoms with Gasteiger partial charge in [0.25, 0.3) is 0 Å². The van der Waals surface area contributed by atoms with Crippen LogP contribution in [0.3, 0.4) is 0 Å². The van der Waals surface area contributed by atoms with Gasteiger partial charge in [0, 0.05) is 18.0 Å². The Morgan fingerprint density at radius 3 is 2.83 bits per heavy atom. The van der Waals surface area contributed by atoms with Crippen LogP contribution in [0.1, 0.15) is 54.3 Å². The lowest BCUT2D eigenvalue weighted by molar-refractivity contribution is -0.135. The number of fused-ring (bicyclic) bond motifs is 1. The molecule has 1 aliphatic carbocycles. The Morgan fingerprint density at radius 1 is 1.38 bits per heavy atom. The fraction of sp³-hybridized carbons (Fsp3) is 0.625. The monoisotopic (exact) mass is 331 g/mol. The quantitative estimate of drug-likeness (QED) is 0.908. The number of aryl methyl sites for hydroxylation is 2. The van der Waals surface area contributed by atoms with Crippen molar-refractivity contribution < 1.29 is 14.1 Å². The van der Waals surface area contributed by atoms with Crippen molar-refractivity contribution >= 4 is 5.91 Å². The molecule has 8 nitrogen and oxygen atoms in total. The van der Waals surface area contributed by atoms with E-state index in [1.165, 1.54) is 0 Å². The first-order valence-corrected chi connectivity index (χ1v) is 8.23. The molecule has 1 atom stereocenters. The Kier molecular flexibility index (Phi) is 3.45. The number of amides is 1. The fourth-order valence-corrected chi connectivity index (χ4v) is 3.25. The van der Waals surface area contributed by atoms with E-state index in [2.05, 4.69) is 20.7 Å². The number of carbonyl (C=O) groups excluding carboxylic acids is 1. The summed E-state index contributed by atoms with van der Waals surface area (Å²) in [6.07, 6.45) is 2.21. The number of aromatic nitrogens is 4. The van der Waals surface area contributed by atoms with Crippen molar-refractivity contribution in [3.8, 4) is 0 Å². The van der Waals surface area contributed by atoms with Crippen LogP contribution in [-0.2, 0) is 28.2 Å². The number of nitrogens with zero attached hydrogens (tertiary/aromatic N) is 4. The van der Waals surface area contributed by atoms with Crippen LogP contribution in [0.2, 0.25) is 0 Å². The van der Waals surface area contributed by atoms with Gasteiger partial charge in [-0.3, -0.25) is 9.36 Å². The summed E-state index contributed by atoms with van der Waals surface area (Å²) in [5.74, 6) is 2.66. The highest BCUT2D eigenvalue weighted by atomic mass is 16.5. The Morgan fingerprint density at radius 2 is 2.17 bits per heavy atom. The lowest BCUT2D eigenvalue weighted by atomic mass is 9.99. The van der Waals surface area contributed by atoms with Gasteiger partial charge in [0.1, 0.15) is 23.7 Å². The van der Waals surface area contributed by atoms with Crippen molar-refractivity contribution in [2.75, 3.05) is 6.61 Å². The maximum absolute atomic E-state index is 13.0. The van der Waals surface area contributed by atoms with Crippen LogP contribution in [-0.4, -0.2) is 32.4 Å². The molecule has 8 heteroatoms. The molecule has 0 aromatic carbocycles. The predicted molar refractivity (Wildman–Crippen MR) is 83.1 cm³/mol. The molecule has 2 aliphatic rings. The zero-order chi connectivity index (χ0) is 16.9. The molecule has 1 saturated carbocycles. The lowest BCUT2D eigenvalue weighted by Crippen LogP contribution is -2.52. The fourth-order valence-electron chi connectivity index (χ4n) is 3.25. The standard InChI is InChI=1S/C16H21N5O3/c1-9-12(10(2)24-20-9)6-17-15(22)16(3)8-23-7-13-18-19-14(21(13)16)11-4-5-11/h11H,4-8H2,1-3H3,(H,17,22). The minimum atomic E-state index is -0.839. The van der Waals surface area contributed by atoms with Crippen LogP contribution in [0.4, 0.5) is 0 Å². The molecular weight excluding hydrogens is 310 g/mol. The summed E-state index contributed by atoms with van der Waals surface area (Å²) in [5, 5.41) is 15.4. The molecule has 0 bridgehead atoms. The second-order valence-electron chi connectivity index (χ2n) is 6.84. The molecular formula is C16H21N5O3. The van der Waals surface area contributed by atoms with Gasteiger partial charge in [-0.1, -0.05) is 5.16 Å². The van der Waals surface area contributed by atoms with Crippen molar-refractivity contribution in [1.82, 2.24) is 25.2 Å². The number of rotatable bonds is 4. The van der Waals surface area contributed by atoms with Gasteiger partial charge in [0.05, 0.1) is 12.3 Å². The third-order valence-corrected chi connectivity index (χ3v) is 4.90. The minimum Gasteiger partial charge on any atom is -0.370 e. The Bertz CT molecular complexity index is 772. The third-order valence-electron chi connectivity index (χ3n) is 4.90.